The van der Waals surface area contributed by atoms with Crippen LogP contribution < -0.4 is 5.73 Å². The number of halogens is 2. The monoisotopic (exact) mass is 405 g/mol. The summed E-state index contributed by atoms with van der Waals surface area (Å²) < 4.78 is 1.76. The highest BCUT2D eigenvalue weighted by molar-refractivity contribution is 14.1. The van der Waals surface area contributed by atoms with Crippen LogP contribution in [0.25, 0.3) is 10.7 Å². The fourth-order valence-corrected chi connectivity index (χ4v) is 4.16. The quantitative estimate of drug-likeness (QED) is 0.737. The maximum absolute atomic E-state index is 6.05. The molecule has 3 rings (SSSR count). The topological polar surface area (TPSA) is 51.8 Å². The van der Waals surface area contributed by atoms with E-state index < -0.39 is 0 Å². The molecule has 19 heavy (non-hydrogen) atoms. The number of nitrogens with two attached hydrogens (primary N) is 1. The van der Waals surface area contributed by atoms with Crippen LogP contribution in [0.1, 0.15) is 37.3 Å². The van der Waals surface area contributed by atoms with Crippen LogP contribution in [0, 0.1) is 3.57 Å². The van der Waals surface area contributed by atoms with Crippen molar-refractivity contribution in [2.24, 2.45) is 0 Å². The van der Waals surface area contributed by atoms with Gasteiger partial charge in [-0.2, -0.15) is 0 Å². The third kappa shape index (κ3) is 2.73. The first-order valence-electron chi connectivity index (χ1n) is 6.24. The zero-order chi connectivity index (χ0) is 13.4. The predicted molar refractivity (Wildman–Crippen MR) is 88.7 cm³/mol. The second-order valence-corrected chi connectivity index (χ2v) is 7.51. The van der Waals surface area contributed by atoms with Gasteiger partial charge in [-0.3, -0.25) is 0 Å². The zero-order valence-corrected chi connectivity index (χ0v) is 13.9. The molecule has 1 fully saturated rings. The van der Waals surface area contributed by atoms with Crippen molar-refractivity contribution < 1.29 is 0 Å². The number of hydrogen-bond donors (Lipinski definition) is 1. The summed E-state index contributed by atoms with van der Waals surface area (Å²) in [6.45, 7) is 0. The molecule has 2 aromatic heterocycles. The largest absolute Gasteiger partial charge is 0.383 e. The molecule has 0 saturated heterocycles. The lowest BCUT2D eigenvalue weighted by Crippen LogP contribution is -2.07. The molecule has 0 bridgehead atoms. The summed E-state index contributed by atoms with van der Waals surface area (Å²) in [6.07, 6.45) is 4.98. The van der Waals surface area contributed by atoms with Crippen LogP contribution in [0.15, 0.2) is 12.1 Å². The van der Waals surface area contributed by atoms with Crippen LogP contribution in [0.2, 0.25) is 4.34 Å². The minimum atomic E-state index is 0.534. The number of nitrogens with zero attached hydrogens (tertiary/aromatic N) is 2. The van der Waals surface area contributed by atoms with Crippen molar-refractivity contribution in [3.63, 3.8) is 0 Å². The minimum Gasteiger partial charge on any atom is -0.383 e. The Bertz CT molecular complexity index is 608. The first-order chi connectivity index (χ1) is 9.15. The molecular formula is C13H13ClIN3S. The number of anilines is 1. The molecule has 0 atom stereocenters. The SMILES string of the molecule is Nc1nc(-c2ccc(Cl)s2)nc(C2CCCC2)c1I. The molecule has 2 N–H and O–H groups in total. The van der Waals surface area contributed by atoms with Gasteiger partial charge in [-0.05, 0) is 47.6 Å². The molecule has 1 aliphatic carbocycles. The summed E-state index contributed by atoms with van der Waals surface area (Å²) in [6, 6.07) is 3.82. The Labute approximate surface area is 134 Å². The van der Waals surface area contributed by atoms with E-state index in [-0.39, 0.29) is 0 Å². The lowest BCUT2D eigenvalue weighted by molar-refractivity contribution is 0.691. The summed E-state index contributed by atoms with van der Waals surface area (Å²) in [4.78, 5) is 10.1. The van der Waals surface area contributed by atoms with Crippen LogP contribution in [0.4, 0.5) is 5.82 Å². The van der Waals surface area contributed by atoms with Gasteiger partial charge in [0.15, 0.2) is 5.82 Å². The van der Waals surface area contributed by atoms with E-state index in [1.807, 2.05) is 12.1 Å². The zero-order valence-electron chi connectivity index (χ0n) is 10.2. The maximum atomic E-state index is 6.05. The van der Waals surface area contributed by atoms with Gasteiger partial charge in [0.1, 0.15) is 5.82 Å². The van der Waals surface area contributed by atoms with E-state index in [2.05, 4.69) is 27.6 Å². The molecule has 6 heteroatoms. The fourth-order valence-electron chi connectivity index (χ4n) is 2.50. The van der Waals surface area contributed by atoms with E-state index in [9.17, 15) is 0 Å². The molecule has 0 spiro atoms. The fraction of sp³-hybridized carbons (Fsp3) is 0.385. The molecule has 3 nitrogen and oxygen atoms in total. The van der Waals surface area contributed by atoms with Gasteiger partial charge in [-0.15, -0.1) is 11.3 Å². The molecule has 0 radical (unpaired) electrons. The van der Waals surface area contributed by atoms with Gasteiger partial charge in [0.05, 0.1) is 18.5 Å². The van der Waals surface area contributed by atoms with Gasteiger partial charge in [0.25, 0.3) is 0 Å². The van der Waals surface area contributed by atoms with Crippen molar-refractivity contribution in [1.82, 2.24) is 9.97 Å². The second kappa shape index (κ2) is 5.54. The molecule has 0 unspecified atom stereocenters. The van der Waals surface area contributed by atoms with Crippen LogP contribution in [0.5, 0.6) is 0 Å². The highest BCUT2D eigenvalue weighted by Crippen LogP contribution is 2.38. The van der Waals surface area contributed by atoms with Crippen LogP contribution >= 0.6 is 45.5 Å². The van der Waals surface area contributed by atoms with E-state index in [4.69, 9.17) is 22.3 Å². The van der Waals surface area contributed by atoms with E-state index in [1.54, 1.807) is 0 Å². The minimum absolute atomic E-state index is 0.534. The molecule has 0 aromatic carbocycles. The number of rotatable bonds is 2. The van der Waals surface area contributed by atoms with Gasteiger partial charge >= 0.3 is 0 Å². The molecule has 2 heterocycles. The molecule has 1 aliphatic rings. The highest BCUT2D eigenvalue weighted by atomic mass is 127. The lowest BCUT2D eigenvalue weighted by atomic mass is 10.0. The summed E-state index contributed by atoms with van der Waals surface area (Å²) in [5.74, 6) is 1.82. The summed E-state index contributed by atoms with van der Waals surface area (Å²) in [5.41, 5.74) is 7.16. The molecule has 0 amide bonds. The maximum Gasteiger partial charge on any atom is 0.171 e. The Morgan fingerprint density at radius 2 is 2.00 bits per heavy atom. The van der Waals surface area contributed by atoms with Crippen molar-refractivity contribution in [3.8, 4) is 10.7 Å². The molecular weight excluding hydrogens is 393 g/mol. The van der Waals surface area contributed by atoms with E-state index >= 15 is 0 Å². The first kappa shape index (κ1) is 13.6. The normalized spacial score (nSPS) is 16.1. The van der Waals surface area contributed by atoms with Gasteiger partial charge in [-0.25, -0.2) is 9.97 Å². The number of aromatic nitrogens is 2. The summed E-state index contributed by atoms with van der Waals surface area (Å²) in [5, 5.41) is 0. The van der Waals surface area contributed by atoms with Gasteiger partial charge in [0, 0.05) is 5.92 Å². The average Bonchev–Trinajstić information content (AvgIpc) is 3.03. The number of hydrogen-bond acceptors (Lipinski definition) is 4. The second-order valence-electron chi connectivity index (χ2n) is 4.72. The smallest absolute Gasteiger partial charge is 0.171 e. The summed E-state index contributed by atoms with van der Waals surface area (Å²) in [7, 11) is 0. The van der Waals surface area contributed by atoms with Crippen molar-refractivity contribution in [2.75, 3.05) is 5.73 Å². The van der Waals surface area contributed by atoms with Crippen LogP contribution in [0.3, 0.4) is 0 Å². The van der Waals surface area contributed by atoms with Gasteiger partial charge < -0.3 is 5.73 Å². The number of nitrogen functional groups attached to an aromatic ring is 1. The Kier molecular flexibility index (Phi) is 3.96. The Morgan fingerprint density at radius 1 is 1.26 bits per heavy atom. The standard InChI is InChI=1S/C13H13ClIN3S/c14-9-6-5-8(19-9)13-17-11(7-3-1-2-4-7)10(15)12(16)18-13/h5-7H,1-4H2,(H2,16,17,18). The van der Waals surface area contributed by atoms with E-state index in [0.717, 1.165) is 18.5 Å². The Hall–Kier alpha value is -0.400. The van der Waals surface area contributed by atoms with Gasteiger partial charge in [-0.1, -0.05) is 24.4 Å². The molecule has 2 aromatic rings. The molecule has 100 valence electrons. The molecule has 1 saturated carbocycles. The Morgan fingerprint density at radius 3 is 2.63 bits per heavy atom. The van der Waals surface area contributed by atoms with Crippen LogP contribution in [-0.4, -0.2) is 9.97 Å². The van der Waals surface area contributed by atoms with Crippen molar-refractivity contribution in [2.45, 2.75) is 31.6 Å². The Balaban J connectivity index is 2.06. The van der Waals surface area contributed by atoms with Crippen LogP contribution in [-0.2, 0) is 0 Å². The number of thiophene rings is 1. The van der Waals surface area contributed by atoms with Crippen molar-refractivity contribution >= 4 is 51.3 Å². The average molecular weight is 406 g/mol. The third-order valence-electron chi connectivity index (χ3n) is 3.44. The van der Waals surface area contributed by atoms with E-state index in [1.165, 1.54) is 37.0 Å². The van der Waals surface area contributed by atoms with Crippen molar-refractivity contribution in [1.29, 1.82) is 0 Å². The predicted octanol–water partition coefficient (Wildman–Crippen LogP) is 4.70. The van der Waals surface area contributed by atoms with E-state index in [0.29, 0.717) is 17.6 Å². The van der Waals surface area contributed by atoms with Gasteiger partial charge in [0.2, 0.25) is 0 Å². The molecule has 0 aliphatic heterocycles. The third-order valence-corrected chi connectivity index (χ3v) is 5.77. The highest BCUT2D eigenvalue weighted by Gasteiger charge is 2.23. The summed E-state index contributed by atoms with van der Waals surface area (Å²) >= 11 is 9.73. The lowest BCUT2D eigenvalue weighted by Gasteiger charge is -2.13. The van der Waals surface area contributed by atoms with Crippen molar-refractivity contribution in [3.05, 3.63) is 25.7 Å². The first-order valence-corrected chi connectivity index (χ1v) is 8.51.